The quantitative estimate of drug-likeness (QED) is 0.453. The fraction of sp³-hybridized carbons (Fsp3) is 0.333. The van der Waals surface area contributed by atoms with Gasteiger partial charge in [0.15, 0.2) is 0 Å². The number of halogens is 2. The molecule has 0 radical (unpaired) electrons. The van der Waals surface area contributed by atoms with E-state index in [1.54, 1.807) is 0 Å². The summed E-state index contributed by atoms with van der Waals surface area (Å²) in [6.07, 6.45) is 2.37. The number of thiocarbonyl (C=S) groups is 1. The zero-order valence-electron chi connectivity index (χ0n) is 9.71. The molecule has 0 aliphatic carbocycles. The van der Waals surface area contributed by atoms with E-state index < -0.39 is 0 Å². The SMILES string of the molecule is NC(=S)CCCCNC(=O)c1ccc(F)cc1I. The monoisotopic (exact) mass is 380 g/mol. The Morgan fingerprint density at radius 1 is 1.44 bits per heavy atom. The molecule has 3 nitrogen and oxygen atoms in total. The van der Waals surface area contributed by atoms with Crippen LogP contribution in [0, 0.1) is 9.39 Å². The van der Waals surface area contributed by atoms with Gasteiger partial charge in [0.2, 0.25) is 0 Å². The van der Waals surface area contributed by atoms with Crippen molar-refractivity contribution in [2.24, 2.45) is 5.73 Å². The van der Waals surface area contributed by atoms with Gasteiger partial charge in [0.25, 0.3) is 5.91 Å². The van der Waals surface area contributed by atoms with Crippen molar-refractivity contribution in [3.05, 3.63) is 33.1 Å². The summed E-state index contributed by atoms with van der Waals surface area (Å²) in [5, 5.41) is 2.78. The Kier molecular flexibility index (Phi) is 6.48. The largest absolute Gasteiger partial charge is 0.393 e. The van der Waals surface area contributed by atoms with Gasteiger partial charge in [0, 0.05) is 10.1 Å². The molecule has 1 rings (SSSR count). The molecule has 0 saturated carbocycles. The summed E-state index contributed by atoms with van der Waals surface area (Å²) in [6, 6.07) is 4.10. The Bertz CT molecular complexity index is 454. The van der Waals surface area contributed by atoms with Crippen LogP contribution >= 0.6 is 34.8 Å². The molecule has 1 aromatic rings. The summed E-state index contributed by atoms with van der Waals surface area (Å²) < 4.78 is 13.5. The van der Waals surface area contributed by atoms with Crippen molar-refractivity contribution in [2.75, 3.05) is 6.54 Å². The molecule has 0 spiro atoms. The molecular formula is C12H14FIN2OS. The minimum absolute atomic E-state index is 0.185. The van der Waals surface area contributed by atoms with Gasteiger partial charge in [-0.25, -0.2) is 4.39 Å². The highest BCUT2D eigenvalue weighted by Gasteiger charge is 2.09. The molecule has 6 heteroatoms. The highest BCUT2D eigenvalue weighted by Crippen LogP contribution is 2.13. The number of hydrogen-bond acceptors (Lipinski definition) is 2. The second-order valence-corrected chi connectivity index (χ2v) is 5.49. The van der Waals surface area contributed by atoms with E-state index in [2.05, 4.69) is 5.32 Å². The van der Waals surface area contributed by atoms with Gasteiger partial charge in [-0.2, -0.15) is 0 Å². The summed E-state index contributed by atoms with van der Waals surface area (Å²) in [5.41, 5.74) is 5.86. The van der Waals surface area contributed by atoms with Crippen LogP contribution in [0.5, 0.6) is 0 Å². The van der Waals surface area contributed by atoms with E-state index >= 15 is 0 Å². The number of nitrogens with one attached hydrogen (secondary N) is 1. The van der Waals surface area contributed by atoms with Gasteiger partial charge >= 0.3 is 0 Å². The zero-order chi connectivity index (χ0) is 13.5. The molecule has 1 aromatic carbocycles. The van der Waals surface area contributed by atoms with Crippen LogP contribution in [0.15, 0.2) is 18.2 Å². The van der Waals surface area contributed by atoms with Crippen molar-refractivity contribution >= 4 is 45.7 Å². The molecule has 0 fully saturated rings. The number of amides is 1. The average molecular weight is 380 g/mol. The molecule has 1 amide bonds. The molecule has 0 saturated heterocycles. The summed E-state index contributed by atoms with van der Waals surface area (Å²) in [6.45, 7) is 0.564. The Morgan fingerprint density at radius 3 is 2.78 bits per heavy atom. The Balaban J connectivity index is 2.39. The highest BCUT2D eigenvalue weighted by molar-refractivity contribution is 14.1. The van der Waals surface area contributed by atoms with Crippen molar-refractivity contribution < 1.29 is 9.18 Å². The second kappa shape index (κ2) is 7.63. The zero-order valence-corrected chi connectivity index (χ0v) is 12.7. The molecule has 0 aliphatic rings. The molecular weight excluding hydrogens is 366 g/mol. The van der Waals surface area contributed by atoms with Gasteiger partial charge in [-0.3, -0.25) is 4.79 Å². The van der Waals surface area contributed by atoms with Crippen LogP contribution in [-0.2, 0) is 0 Å². The molecule has 0 bridgehead atoms. The lowest BCUT2D eigenvalue weighted by Gasteiger charge is -2.06. The first-order valence-electron chi connectivity index (χ1n) is 5.52. The molecule has 0 aromatic heterocycles. The van der Waals surface area contributed by atoms with E-state index in [9.17, 15) is 9.18 Å². The van der Waals surface area contributed by atoms with E-state index in [4.69, 9.17) is 18.0 Å². The Labute approximate surface area is 124 Å². The first kappa shape index (κ1) is 15.3. The topological polar surface area (TPSA) is 55.1 Å². The Morgan fingerprint density at radius 2 is 2.17 bits per heavy atom. The summed E-state index contributed by atoms with van der Waals surface area (Å²) in [5.74, 6) is -0.526. The molecule has 0 atom stereocenters. The summed E-state index contributed by atoms with van der Waals surface area (Å²) >= 11 is 6.70. The van der Waals surface area contributed by atoms with Crippen molar-refractivity contribution in [3.63, 3.8) is 0 Å². The number of rotatable bonds is 6. The van der Waals surface area contributed by atoms with Crippen LogP contribution in [0.1, 0.15) is 29.6 Å². The normalized spacial score (nSPS) is 10.1. The van der Waals surface area contributed by atoms with Gasteiger partial charge < -0.3 is 11.1 Å². The second-order valence-electron chi connectivity index (χ2n) is 3.80. The number of hydrogen-bond donors (Lipinski definition) is 2. The molecule has 0 unspecified atom stereocenters. The van der Waals surface area contributed by atoms with Crippen LogP contribution in [0.2, 0.25) is 0 Å². The maximum Gasteiger partial charge on any atom is 0.252 e. The number of nitrogens with two attached hydrogens (primary N) is 1. The molecule has 0 heterocycles. The van der Waals surface area contributed by atoms with E-state index in [0.29, 0.717) is 27.1 Å². The first-order chi connectivity index (χ1) is 8.50. The third-order valence-corrected chi connectivity index (χ3v) is 3.41. The lowest BCUT2D eigenvalue weighted by Crippen LogP contribution is -2.25. The van der Waals surface area contributed by atoms with Gasteiger partial charge in [0.05, 0.1) is 10.6 Å². The molecule has 18 heavy (non-hydrogen) atoms. The Hall–Kier alpha value is -0.760. The lowest BCUT2D eigenvalue weighted by atomic mass is 10.2. The lowest BCUT2D eigenvalue weighted by molar-refractivity contribution is 0.0952. The van der Waals surface area contributed by atoms with E-state index in [1.165, 1.54) is 18.2 Å². The fourth-order valence-electron chi connectivity index (χ4n) is 1.39. The van der Waals surface area contributed by atoms with E-state index in [0.717, 1.165) is 12.8 Å². The van der Waals surface area contributed by atoms with E-state index in [1.807, 2.05) is 22.6 Å². The van der Waals surface area contributed by atoms with Crippen LogP contribution in [-0.4, -0.2) is 17.4 Å². The minimum atomic E-state index is -0.340. The van der Waals surface area contributed by atoms with Crippen LogP contribution in [0.3, 0.4) is 0 Å². The average Bonchev–Trinajstić information content (AvgIpc) is 2.27. The van der Waals surface area contributed by atoms with Crippen molar-refractivity contribution in [2.45, 2.75) is 19.3 Å². The third kappa shape index (κ3) is 5.26. The standard InChI is InChI=1S/C12H14FIN2OS/c13-8-4-5-9(10(14)7-8)12(17)16-6-2-1-3-11(15)18/h4-5,7H,1-3,6H2,(H2,15,18)(H,16,17). The van der Waals surface area contributed by atoms with Crippen molar-refractivity contribution in [1.29, 1.82) is 0 Å². The number of carbonyl (C=O) groups excluding carboxylic acids is 1. The van der Waals surface area contributed by atoms with Crippen LogP contribution in [0.4, 0.5) is 4.39 Å². The number of unbranched alkanes of at least 4 members (excludes halogenated alkanes) is 1. The van der Waals surface area contributed by atoms with Crippen molar-refractivity contribution in [3.8, 4) is 0 Å². The van der Waals surface area contributed by atoms with Crippen LogP contribution < -0.4 is 11.1 Å². The maximum atomic E-state index is 12.9. The van der Waals surface area contributed by atoms with Gasteiger partial charge in [-0.1, -0.05) is 12.2 Å². The minimum Gasteiger partial charge on any atom is -0.393 e. The first-order valence-corrected chi connectivity index (χ1v) is 7.01. The molecule has 98 valence electrons. The smallest absolute Gasteiger partial charge is 0.252 e. The fourth-order valence-corrected chi connectivity index (χ4v) is 2.26. The van der Waals surface area contributed by atoms with Gasteiger partial charge in [-0.15, -0.1) is 0 Å². The predicted octanol–water partition coefficient (Wildman–Crippen LogP) is 2.62. The molecule has 3 N–H and O–H groups in total. The predicted molar refractivity (Wildman–Crippen MR) is 82.1 cm³/mol. The maximum absolute atomic E-state index is 12.9. The number of benzene rings is 1. The third-order valence-electron chi connectivity index (χ3n) is 2.31. The highest BCUT2D eigenvalue weighted by atomic mass is 127. The van der Waals surface area contributed by atoms with E-state index in [-0.39, 0.29) is 11.7 Å². The van der Waals surface area contributed by atoms with Crippen molar-refractivity contribution in [1.82, 2.24) is 5.32 Å². The molecule has 0 aliphatic heterocycles. The van der Waals surface area contributed by atoms with Gasteiger partial charge in [0.1, 0.15) is 5.82 Å². The summed E-state index contributed by atoms with van der Waals surface area (Å²) in [4.78, 5) is 12.3. The summed E-state index contributed by atoms with van der Waals surface area (Å²) in [7, 11) is 0. The van der Waals surface area contributed by atoms with Crippen LogP contribution in [0.25, 0.3) is 0 Å². The number of carbonyl (C=O) groups is 1. The van der Waals surface area contributed by atoms with Gasteiger partial charge in [-0.05, 0) is 60.1 Å².